The SMILES string of the molecule is CCOc1ccc(OCCNC(=O)Cn2nc(-c3ccc4c(c3)OCO4)ccc2=O)cc1. The summed E-state index contributed by atoms with van der Waals surface area (Å²) in [4.78, 5) is 24.4. The number of hydrogen-bond donors (Lipinski definition) is 1. The summed E-state index contributed by atoms with van der Waals surface area (Å²) in [5.41, 5.74) is 0.942. The third kappa shape index (κ3) is 5.18. The lowest BCUT2D eigenvalue weighted by atomic mass is 10.1. The van der Waals surface area contributed by atoms with Gasteiger partial charge in [-0.2, -0.15) is 5.10 Å². The fourth-order valence-corrected chi connectivity index (χ4v) is 3.12. The molecule has 1 amide bonds. The van der Waals surface area contributed by atoms with E-state index in [1.165, 1.54) is 6.07 Å². The van der Waals surface area contributed by atoms with Gasteiger partial charge in [0.15, 0.2) is 11.5 Å². The summed E-state index contributed by atoms with van der Waals surface area (Å²) in [7, 11) is 0. The standard InChI is InChI=1S/C23H23N3O6/c1-2-29-17-4-6-18(7-5-17)30-12-11-24-22(27)14-26-23(28)10-8-19(25-26)16-3-9-20-21(13-16)32-15-31-20/h3-10,13H,2,11-12,14-15H2,1H3,(H,24,27). The second-order valence-corrected chi connectivity index (χ2v) is 6.89. The lowest BCUT2D eigenvalue weighted by Crippen LogP contribution is -2.35. The first-order valence-electron chi connectivity index (χ1n) is 10.2. The number of fused-ring (bicyclic) bond motifs is 1. The Bertz CT molecular complexity index is 1140. The Hall–Kier alpha value is -4.01. The number of carbonyl (C=O) groups excluding carboxylic acids is 1. The molecule has 1 aliphatic rings. The van der Waals surface area contributed by atoms with E-state index in [4.69, 9.17) is 18.9 Å². The number of benzene rings is 2. The van der Waals surface area contributed by atoms with Gasteiger partial charge in [0.1, 0.15) is 24.7 Å². The highest BCUT2D eigenvalue weighted by atomic mass is 16.7. The van der Waals surface area contributed by atoms with Gasteiger partial charge in [-0.1, -0.05) is 0 Å². The van der Waals surface area contributed by atoms with Gasteiger partial charge < -0.3 is 24.3 Å². The third-order valence-corrected chi connectivity index (χ3v) is 4.66. The van der Waals surface area contributed by atoms with Gasteiger partial charge >= 0.3 is 0 Å². The number of carbonyl (C=O) groups is 1. The van der Waals surface area contributed by atoms with Crippen molar-refractivity contribution in [2.24, 2.45) is 0 Å². The topological polar surface area (TPSA) is 101 Å². The lowest BCUT2D eigenvalue weighted by Gasteiger charge is -2.10. The molecule has 32 heavy (non-hydrogen) atoms. The fraction of sp³-hybridized carbons (Fsp3) is 0.261. The molecule has 9 heteroatoms. The maximum Gasteiger partial charge on any atom is 0.267 e. The van der Waals surface area contributed by atoms with Crippen LogP contribution in [-0.2, 0) is 11.3 Å². The summed E-state index contributed by atoms with van der Waals surface area (Å²) in [6, 6.07) is 15.6. The van der Waals surface area contributed by atoms with Crippen LogP contribution in [0.4, 0.5) is 0 Å². The van der Waals surface area contributed by atoms with Crippen molar-refractivity contribution in [3.8, 4) is 34.3 Å². The van der Waals surface area contributed by atoms with Crippen molar-refractivity contribution in [3.63, 3.8) is 0 Å². The van der Waals surface area contributed by atoms with Crippen LogP contribution < -0.4 is 29.8 Å². The first-order valence-corrected chi connectivity index (χ1v) is 10.2. The van der Waals surface area contributed by atoms with Gasteiger partial charge in [0.2, 0.25) is 12.7 Å². The smallest absolute Gasteiger partial charge is 0.267 e. The minimum atomic E-state index is -0.365. The van der Waals surface area contributed by atoms with E-state index < -0.39 is 0 Å². The van der Waals surface area contributed by atoms with Gasteiger partial charge in [-0.25, -0.2) is 4.68 Å². The zero-order valence-corrected chi connectivity index (χ0v) is 17.6. The van der Waals surface area contributed by atoms with E-state index >= 15 is 0 Å². The summed E-state index contributed by atoms with van der Waals surface area (Å²) >= 11 is 0. The van der Waals surface area contributed by atoms with Crippen LogP contribution in [0.2, 0.25) is 0 Å². The number of ether oxygens (including phenoxy) is 4. The maximum atomic E-state index is 12.3. The highest BCUT2D eigenvalue weighted by molar-refractivity contribution is 5.75. The van der Waals surface area contributed by atoms with Crippen LogP contribution >= 0.6 is 0 Å². The van der Waals surface area contributed by atoms with Crippen LogP contribution in [0.1, 0.15) is 6.92 Å². The van der Waals surface area contributed by atoms with Gasteiger partial charge in [0.05, 0.1) is 18.8 Å². The van der Waals surface area contributed by atoms with Gasteiger partial charge in [0, 0.05) is 11.6 Å². The molecule has 0 saturated carbocycles. The molecule has 0 atom stereocenters. The van der Waals surface area contributed by atoms with Crippen LogP contribution in [0.5, 0.6) is 23.0 Å². The minimum absolute atomic E-state index is 0.175. The first-order chi connectivity index (χ1) is 15.6. The number of nitrogens with one attached hydrogen (secondary N) is 1. The van der Waals surface area contributed by atoms with Crippen molar-refractivity contribution in [3.05, 3.63) is 65.0 Å². The molecule has 0 aliphatic carbocycles. The molecular weight excluding hydrogens is 414 g/mol. The van der Waals surface area contributed by atoms with E-state index in [9.17, 15) is 9.59 Å². The van der Waals surface area contributed by atoms with E-state index in [1.54, 1.807) is 30.3 Å². The molecule has 9 nitrogen and oxygen atoms in total. The quantitative estimate of drug-likeness (QED) is 0.512. The highest BCUT2D eigenvalue weighted by Crippen LogP contribution is 2.35. The average molecular weight is 437 g/mol. The van der Waals surface area contributed by atoms with Crippen molar-refractivity contribution >= 4 is 5.91 Å². The average Bonchev–Trinajstić information content (AvgIpc) is 3.27. The molecule has 0 bridgehead atoms. The summed E-state index contributed by atoms with van der Waals surface area (Å²) in [6.07, 6.45) is 0. The van der Waals surface area contributed by atoms with Crippen LogP contribution in [0.25, 0.3) is 11.3 Å². The monoisotopic (exact) mass is 437 g/mol. The largest absolute Gasteiger partial charge is 0.494 e. The predicted octanol–water partition coefficient (Wildman–Crippen LogP) is 2.23. The Balaban J connectivity index is 1.30. The molecular formula is C23H23N3O6. The molecule has 1 aliphatic heterocycles. The van der Waals surface area contributed by atoms with Gasteiger partial charge in [0.25, 0.3) is 5.56 Å². The zero-order chi connectivity index (χ0) is 22.3. The van der Waals surface area contributed by atoms with Crippen molar-refractivity contribution in [1.82, 2.24) is 15.1 Å². The number of hydrogen-bond acceptors (Lipinski definition) is 7. The Morgan fingerprint density at radius 3 is 2.56 bits per heavy atom. The van der Waals surface area contributed by atoms with Crippen LogP contribution in [0.15, 0.2) is 59.4 Å². The summed E-state index contributed by atoms with van der Waals surface area (Å²) in [5.74, 6) is 2.39. The molecule has 0 radical (unpaired) electrons. The summed E-state index contributed by atoms with van der Waals surface area (Å²) in [5, 5.41) is 7.04. The van der Waals surface area contributed by atoms with Crippen LogP contribution in [0.3, 0.4) is 0 Å². The van der Waals surface area contributed by atoms with Crippen molar-refractivity contribution in [2.75, 3.05) is 26.6 Å². The normalized spacial score (nSPS) is 11.8. The fourth-order valence-electron chi connectivity index (χ4n) is 3.12. The molecule has 1 N–H and O–H groups in total. The highest BCUT2D eigenvalue weighted by Gasteiger charge is 2.15. The Morgan fingerprint density at radius 1 is 1.03 bits per heavy atom. The van der Waals surface area contributed by atoms with E-state index in [1.807, 2.05) is 25.1 Å². The maximum absolute atomic E-state index is 12.3. The molecule has 1 aromatic heterocycles. The third-order valence-electron chi connectivity index (χ3n) is 4.66. The second kappa shape index (κ2) is 9.86. The van der Waals surface area contributed by atoms with Crippen LogP contribution in [0, 0.1) is 0 Å². The van der Waals surface area contributed by atoms with Crippen LogP contribution in [-0.4, -0.2) is 42.2 Å². The predicted molar refractivity (Wildman–Crippen MR) is 116 cm³/mol. The van der Waals surface area contributed by atoms with E-state index in [2.05, 4.69) is 10.4 Å². The van der Waals surface area contributed by atoms with Crippen molar-refractivity contribution in [1.29, 1.82) is 0 Å². The summed E-state index contributed by atoms with van der Waals surface area (Å²) in [6.45, 7) is 3.09. The minimum Gasteiger partial charge on any atom is -0.494 e. The molecule has 0 saturated heterocycles. The number of nitrogens with zero attached hydrogens (tertiary/aromatic N) is 2. The molecule has 0 fully saturated rings. The first kappa shape index (κ1) is 21.2. The molecule has 2 aromatic carbocycles. The van der Waals surface area contributed by atoms with E-state index in [-0.39, 0.29) is 24.8 Å². The van der Waals surface area contributed by atoms with Gasteiger partial charge in [-0.05, 0) is 55.5 Å². The number of rotatable bonds is 9. The molecule has 2 heterocycles. The number of aromatic nitrogens is 2. The molecule has 4 rings (SSSR count). The molecule has 3 aromatic rings. The molecule has 0 unspecified atom stereocenters. The van der Waals surface area contributed by atoms with Gasteiger partial charge in [-0.3, -0.25) is 9.59 Å². The van der Waals surface area contributed by atoms with Crippen molar-refractivity contribution in [2.45, 2.75) is 13.5 Å². The van der Waals surface area contributed by atoms with Crippen molar-refractivity contribution < 1.29 is 23.7 Å². The van der Waals surface area contributed by atoms with Gasteiger partial charge in [-0.15, -0.1) is 0 Å². The van der Waals surface area contributed by atoms with E-state index in [0.717, 1.165) is 16.0 Å². The zero-order valence-electron chi connectivity index (χ0n) is 17.6. The second-order valence-electron chi connectivity index (χ2n) is 6.89. The Labute approximate surface area is 184 Å². The molecule has 0 spiro atoms. The van der Waals surface area contributed by atoms with E-state index in [0.29, 0.717) is 42.7 Å². The lowest BCUT2D eigenvalue weighted by molar-refractivity contribution is -0.122. The Kier molecular flexibility index (Phi) is 6.54. The number of amides is 1. The summed E-state index contributed by atoms with van der Waals surface area (Å²) < 4.78 is 22.8. The molecule has 166 valence electrons. The Morgan fingerprint density at radius 2 is 1.78 bits per heavy atom.